The summed E-state index contributed by atoms with van der Waals surface area (Å²) in [6.07, 6.45) is 7.72. The van der Waals surface area contributed by atoms with Crippen molar-refractivity contribution in [1.29, 1.82) is 0 Å². The number of aromatic nitrogens is 6. The smallest absolute Gasteiger partial charge is 0.112 e. The van der Waals surface area contributed by atoms with Crippen LogP contribution in [0.5, 0.6) is 0 Å². The standard InChI is InChI=1S/C18H14N6/c1(13-3-7-15(8-4-13)17-11-19-23-21-17)2-14-5-9-16(10-6-14)18-12-20-24-22-18/h1-12H,(H,19,21,23)(H,20,22,24). The molecule has 4 aromatic rings. The Morgan fingerprint density at radius 2 is 1.00 bits per heavy atom. The van der Waals surface area contributed by atoms with Gasteiger partial charge in [0.15, 0.2) is 0 Å². The molecular weight excluding hydrogens is 300 g/mol. The van der Waals surface area contributed by atoms with Crippen LogP contribution in [-0.2, 0) is 0 Å². The van der Waals surface area contributed by atoms with Gasteiger partial charge in [-0.15, -0.1) is 10.2 Å². The summed E-state index contributed by atoms with van der Waals surface area (Å²) in [6.45, 7) is 0. The van der Waals surface area contributed by atoms with Gasteiger partial charge in [-0.25, -0.2) is 0 Å². The van der Waals surface area contributed by atoms with Gasteiger partial charge in [-0.05, 0) is 11.1 Å². The van der Waals surface area contributed by atoms with Crippen LogP contribution in [0.2, 0.25) is 0 Å². The molecule has 0 aliphatic heterocycles. The summed E-state index contributed by atoms with van der Waals surface area (Å²) < 4.78 is 0. The lowest BCUT2D eigenvalue weighted by Gasteiger charge is -1.99. The summed E-state index contributed by atoms with van der Waals surface area (Å²) in [6, 6.07) is 16.4. The highest BCUT2D eigenvalue weighted by Crippen LogP contribution is 2.19. The largest absolute Gasteiger partial charge is 0.265 e. The number of hydrogen-bond donors (Lipinski definition) is 2. The lowest BCUT2D eigenvalue weighted by molar-refractivity contribution is 0.942. The number of benzene rings is 2. The highest BCUT2D eigenvalue weighted by atomic mass is 15.3. The maximum atomic E-state index is 4.00. The van der Waals surface area contributed by atoms with E-state index in [9.17, 15) is 0 Å². The van der Waals surface area contributed by atoms with Crippen LogP contribution in [0.4, 0.5) is 0 Å². The Hall–Kier alpha value is -3.54. The van der Waals surface area contributed by atoms with Gasteiger partial charge < -0.3 is 0 Å². The predicted octanol–water partition coefficient (Wildman–Crippen LogP) is 3.43. The van der Waals surface area contributed by atoms with Crippen LogP contribution >= 0.6 is 0 Å². The molecule has 6 heteroatoms. The van der Waals surface area contributed by atoms with E-state index in [-0.39, 0.29) is 0 Å². The first-order valence-corrected chi connectivity index (χ1v) is 7.50. The minimum Gasteiger partial charge on any atom is -0.265 e. The van der Waals surface area contributed by atoms with Gasteiger partial charge in [-0.2, -0.15) is 0 Å². The SMILES string of the molecule is C(=Cc1ccc(-c2c[nH]nn2)cc1)c1ccc(-c2c[nH]nn2)cc1. The molecule has 0 aliphatic rings. The second kappa shape index (κ2) is 6.29. The molecule has 2 aromatic carbocycles. The van der Waals surface area contributed by atoms with Crippen LogP contribution in [0, 0.1) is 0 Å². The Balaban J connectivity index is 1.48. The Bertz CT molecular complexity index is 841. The van der Waals surface area contributed by atoms with Gasteiger partial charge in [0.1, 0.15) is 11.4 Å². The molecule has 0 spiro atoms. The van der Waals surface area contributed by atoms with Crippen LogP contribution < -0.4 is 0 Å². The first-order chi connectivity index (χ1) is 11.9. The Kier molecular flexibility index (Phi) is 3.69. The fourth-order valence-electron chi connectivity index (χ4n) is 2.41. The molecule has 4 rings (SSSR count). The number of nitrogens with zero attached hydrogens (tertiary/aromatic N) is 4. The number of hydrogen-bond acceptors (Lipinski definition) is 4. The maximum absolute atomic E-state index is 4.00. The maximum Gasteiger partial charge on any atom is 0.112 e. The van der Waals surface area contributed by atoms with Crippen molar-refractivity contribution in [3.8, 4) is 22.5 Å². The summed E-state index contributed by atoms with van der Waals surface area (Å²) in [4.78, 5) is 0. The molecule has 2 heterocycles. The van der Waals surface area contributed by atoms with Crippen molar-refractivity contribution in [2.24, 2.45) is 0 Å². The van der Waals surface area contributed by atoms with Gasteiger partial charge in [-0.3, -0.25) is 10.2 Å². The van der Waals surface area contributed by atoms with Crippen molar-refractivity contribution in [3.63, 3.8) is 0 Å². The third-order valence-electron chi connectivity index (χ3n) is 3.71. The topological polar surface area (TPSA) is 83.1 Å². The predicted molar refractivity (Wildman–Crippen MR) is 92.6 cm³/mol. The molecule has 0 amide bonds. The van der Waals surface area contributed by atoms with Crippen molar-refractivity contribution in [2.75, 3.05) is 0 Å². The Morgan fingerprint density at radius 3 is 1.33 bits per heavy atom. The van der Waals surface area contributed by atoms with E-state index in [2.05, 4.69) is 67.2 Å². The normalized spacial score (nSPS) is 11.2. The average molecular weight is 314 g/mol. The molecule has 116 valence electrons. The van der Waals surface area contributed by atoms with Crippen LogP contribution in [0.25, 0.3) is 34.7 Å². The van der Waals surface area contributed by atoms with E-state index in [0.29, 0.717) is 0 Å². The molecule has 0 bridgehead atoms. The van der Waals surface area contributed by atoms with Crippen LogP contribution in [0.15, 0.2) is 60.9 Å². The number of rotatable bonds is 4. The van der Waals surface area contributed by atoms with Gasteiger partial charge in [0, 0.05) is 23.5 Å². The van der Waals surface area contributed by atoms with Gasteiger partial charge in [0.2, 0.25) is 0 Å². The fraction of sp³-hybridized carbons (Fsp3) is 0. The van der Waals surface area contributed by atoms with Gasteiger partial charge in [0.25, 0.3) is 0 Å². The summed E-state index contributed by atoms with van der Waals surface area (Å²) >= 11 is 0. The van der Waals surface area contributed by atoms with Crippen molar-refractivity contribution in [3.05, 3.63) is 72.1 Å². The highest BCUT2D eigenvalue weighted by molar-refractivity contribution is 5.72. The molecule has 0 atom stereocenters. The lowest BCUT2D eigenvalue weighted by atomic mass is 10.1. The zero-order chi connectivity index (χ0) is 16.2. The first-order valence-electron chi connectivity index (χ1n) is 7.50. The monoisotopic (exact) mass is 314 g/mol. The summed E-state index contributed by atoms with van der Waals surface area (Å²) in [7, 11) is 0. The van der Waals surface area contributed by atoms with Crippen LogP contribution in [0.3, 0.4) is 0 Å². The van der Waals surface area contributed by atoms with Gasteiger partial charge in [-0.1, -0.05) is 71.1 Å². The van der Waals surface area contributed by atoms with Crippen LogP contribution in [-0.4, -0.2) is 30.8 Å². The molecule has 0 saturated carbocycles. The molecule has 0 radical (unpaired) electrons. The molecule has 0 unspecified atom stereocenters. The van der Waals surface area contributed by atoms with E-state index >= 15 is 0 Å². The summed E-state index contributed by atoms with van der Waals surface area (Å²) in [5, 5.41) is 20.9. The van der Waals surface area contributed by atoms with E-state index in [1.54, 1.807) is 12.4 Å². The lowest BCUT2D eigenvalue weighted by Crippen LogP contribution is -1.80. The molecular formula is C18H14N6. The summed E-state index contributed by atoms with van der Waals surface area (Å²) in [5.41, 5.74) is 6.02. The van der Waals surface area contributed by atoms with Crippen molar-refractivity contribution >= 4 is 12.2 Å². The Morgan fingerprint density at radius 1 is 0.583 bits per heavy atom. The minimum atomic E-state index is 0.842. The van der Waals surface area contributed by atoms with Crippen molar-refractivity contribution < 1.29 is 0 Å². The minimum absolute atomic E-state index is 0.842. The molecule has 0 saturated heterocycles. The average Bonchev–Trinajstić information content (AvgIpc) is 3.34. The van der Waals surface area contributed by atoms with Crippen molar-refractivity contribution in [1.82, 2.24) is 30.8 Å². The van der Waals surface area contributed by atoms with Crippen molar-refractivity contribution in [2.45, 2.75) is 0 Å². The van der Waals surface area contributed by atoms with E-state index in [1.165, 1.54) is 0 Å². The van der Waals surface area contributed by atoms with Gasteiger partial charge in [0.05, 0.1) is 0 Å². The zero-order valence-corrected chi connectivity index (χ0v) is 12.7. The third kappa shape index (κ3) is 2.98. The highest BCUT2D eigenvalue weighted by Gasteiger charge is 2.00. The molecule has 24 heavy (non-hydrogen) atoms. The summed E-state index contributed by atoms with van der Waals surface area (Å²) in [5.74, 6) is 0. The molecule has 6 nitrogen and oxygen atoms in total. The van der Waals surface area contributed by atoms with E-state index < -0.39 is 0 Å². The van der Waals surface area contributed by atoms with E-state index in [0.717, 1.165) is 33.6 Å². The number of aromatic amines is 2. The molecule has 2 aromatic heterocycles. The molecule has 2 N–H and O–H groups in total. The quantitative estimate of drug-likeness (QED) is 0.565. The van der Waals surface area contributed by atoms with E-state index in [1.807, 2.05) is 24.3 Å². The van der Waals surface area contributed by atoms with E-state index in [4.69, 9.17) is 0 Å². The third-order valence-corrected chi connectivity index (χ3v) is 3.71. The first kappa shape index (κ1) is 14.1. The number of H-pyrrole nitrogens is 2. The molecule has 0 aliphatic carbocycles. The second-order valence-electron chi connectivity index (χ2n) is 5.29. The van der Waals surface area contributed by atoms with Crippen LogP contribution in [0.1, 0.15) is 11.1 Å². The Labute approximate surface area is 138 Å². The fourth-order valence-corrected chi connectivity index (χ4v) is 2.41. The zero-order valence-electron chi connectivity index (χ0n) is 12.7. The van der Waals surface area contributed by atoms with Gasteiger partial charge >= 0.3 is 0 Å². The number of nitrogens with one attached hydrogen (secondary N) is 2. The second-order valence-corrected chi connectivity index (χ2v) is 5.29. The molecule has 0 fully saturated rings.